The van der Waals surface area contributed by atoms with Gasteiger partial charge < -0.3 is 25.0 Å². The second kappa shape index (κ2) is 7.66. The Morgan fingerprint density at radius 3 is 2.90 bits per heavy atom. The molecule has 0 atom stereocenters. The molecule has 0 fully saturated rings. The molecule has 2 rings (SSSR count). The number of ether oxygens (including phenoxy) is 2. The van der Waals surface area contributed by atoms with Crippen molar-refractivity contribution in [2.24, 2.45) is 10.9 Å². The van der Waals surface area contributed by atoms with Crippen molar-refractivity contribution in [3.8, 4) is 0 Å². The molecule has 0 unspecified atom stereocenters. The summed E-state index contributed by atoms with van der Waals surface area (Å²) in [6.07, 6.45) is 2.91. The Bertz CT molecular complexity index is 607. The number of hydrogen-bond donors (Lipinski definition) is 2. The third-order valence-corrected chi connectivity index (χ3v) is 3.29. The van der Waals surface area contributed by atoms with Crippen molar-refractivity contribution in [3.63, 3.8) is 0 Å². The maximum absolute atomic E-state index is 8.75. The van der Waals surface area contributed by atoms with Gasteiger partial charge in [-0.3, -0.25) is 0 Å². The van der Waals surface area contributed by atoms with Crippen LogP contribution in [0.15, 0.2) is 35.6 Å². The van der Waals surface area contributed by atoms with Gasteiger partial charge in [0.2, 0.25) is 0 Å². The molecule has 3 N–H and O–H groups in total. The van der Waals surface area contributed by atoms with E-state index in [1.54, 1.807) is 7.11 Å². The first kappa shape index (κ1) is 15.3. The molecule has 1 aromatic carbocycles. The fourth-order valence-corrected chi connectivity index (χ4v) is 2.17. The SMILES string of the molecule is COCCCOCCn1ccc2ccc(/C(N)=N/O)cc21. The summed E-state index contributed by atoms with van der Waals surface area (Å²) >= 11 is 0. The molecule has 6 nitrogen and oxygen atoms in total. The van der Waals surface area contributed by atoms with E-state index in [0.29, 0.717) is 18.8 Å². The number of rotatable bonds is 8. The van der Waals surface area contributed by atoms with E-state index in [-0.39, 0.29) is 5.84 Å². The predicted octanol–water partition coefficient (Wildman–Crippen LogP) is 1.79. The van der Waals surface area contributed by atoms with Crippen LogP contribution in [0.4, 0.5) is 0 Å². The summed E-state index contributed by atoms with van der Waals surface area (Å²) < 4.78 is 12.6. The Labute approximate surface area is 123 Å². The smallest absolute Gasteiger partial charge is 0.170 e. The van der Waals surface area contributed by atoms with Crippen LogP contribution in [0.1, 0.15) is 12.0 Å². The molecule has 0 saturated carbocycles. The molecule has 0 aliphatic carbocycles. The number of nitrogens with two attached hydrogens (primary N) is 1. The molecule has 0 aliphatic rings. The highest BCUT2D eigenvalue weighted by molar-refractivity contribution is 6.00. The van der Waals surface area contributed by atoms with E-state index in [4.69, 9.17) is 20.4 Å². The highest BCUT2D eigenvalue weighted by Gasteiger charge is 2.05. The van der Waals surface area contributed by atoms with Gasteiger partial charge in [-0.15, -0.1) is 0 Å². The molecule has 21 heavy (non-hydrogen) atoms. The van der Waals surface area contributed by atoms with Crippen LogP contribution in [0.25, 0.3) is 10.9 Å². The van der Waals surface area contributed by atoms with Gasteiger partial charge in [-0.05, 0) is 23.9 Å². The lowest BCUT2D eigenvalue weighted by Crippen LogP contribution is -2.13. The largest absolute Gasteiger partial charge is 0.409 e. The lowest BCUT2D eigenvalue weighted by Gasteiger charge is -2.08. The van der Waals surface area contributed by atoms with Gasteiger partial charge in [0.25, 0.3) is 0 Å². The maximum Gasteiger partial charge on any atom is 0.170 e. The minimum absolute atomic E-state index is 0.112. The fourth-order valence-electron chi connectivity index (χ4n) is 2.17. The third-order valence-electron chi connectivity index (χ3n) is 3.29. The number of methoxy groups -OCH3 is 1. The summed E-state index contributed by atoms with van der Waals surface area (Å²) in [6.45, 7) is 2.81. The zero-order valence-electron chi connectivity index (χ0n) is 12.2. The molecule has 1 aromatic heterocycles. The molecule has 114 valence electrons. The Morgan fingerprint density at radius 1 is 1.29 bits per heavy atom. The number of amidine groups is 1. The molecule has 0 saturated heterocycles. The summed E-state index contributed by atoms with van der Waals surface area (Å²) in [5.74, 6) is 0.112. The summed E-state index contributed by atoms with van der Waals surface area (Å²) in [6, 6.07) is 7.74. The number of nitrogens with zero attached hydrogens (tertiary/aromatic N) is 2. The Balaban J connectivity index is 1.99. The second-order valence-electron chi connectivity index (χ2n) is 4.73. The molecular weight excluding hydrogens is 270 g/mol. The van der Waals surface area contributed by atoms with Crippen molar-refractivity contribution in [2.45, 2.75) is 13.0 Å². The highest BCUT2D eigenvalue weighted by atomic mass is 16.5. The van der Waals surface area contributed by atoms with E-state index in [1.807, 2.05) is 30.5 Å². The second-order valence-corrected chi connectivity index (χ2v) is 4.73. The van der Waals surface area contributed by atoms with Crippen LogP contribution in [0.5, 0.6) is 0 Å². The van der Waals surface area contributed by atoms with Gasteiger partial charge >= 0.3 is 0 Å². The van der Waals surface area contributed by atoms with E-state index >= 15 is 0 Å². The lowest BCUT2D eigenvalue weighted by molar-refractivity contribution is 0.0982. The fraction of sp³-hybridized carbons (Fsp3) is 0.400. The molecule has 2 aromatic rings. The molecule has 0 bridgehead atoms. The van der Waals surface area contributed by atoms with Crippen molar-refractivity contribution in [1.82, 2.24) is 4.57 Å². The number of aromatic nitrogens is 1. The van der Waals surface area contributed by atoms with Crippen molar-refractivity contribution in [1.29, 1.82) is 0 Å². The van der Waals surface area contributed by atoms with E-state index in [9.17, 15) is 0 Å². The normalized spacial score (nSPS) is 12.1. The Kier molecular flexibility index (Phi) is 5.59. The molecule has 0 spiro atoms. The number of oxime groups is 1. The van der Waals surface area contributed by atoms with Gasteiger partial charge in [0.15, 0.2) is 5.84 Å². The molecule has 0 aliphatic heterocycles. The minimum atomic E-state index is 0.112. The number of fused-ring (bicyclic) bond motifs is 1. The van der Waals surface area contributed by atoms with Crippen LogP contribution < -0.4 is 5.73 Å². The van der Waals surface area contributed by atoms with Gasteiger partial charge in [0, 0.05) is 44.1 Å². The van der Waals surface area contributed by atoms with E-state index in [2.05, 4.69) is 9.72 Å². The summed E-state index contributed by atoms with van der Waals surface area (Å²) in [5.41, 5.74) is 7.37. The average molecular weight is 291 g/mol. The first-order chi connectivity index (χ1) is 10.3. The zero-order chi connectivity index (χ0) is 15.1. The predicted molar refractivity (Wildman–Crippen MR) is 81.8 cm³/mol. The first-order valence-electron chi connectivity index (χ1n) is 6.89. The average Bonchev–Trinajstić information content (AvgIpc) is 2.92. The van der Waals surface area contributed by atoms with Gasteiger partial charge in [-0.25, -0.2) is 0 Å². The number of hydrogen-bond acceptors (Lipinski definition) is 4. The molecule has 0 amide bonds. The molecule has 0 radical (unpaired) electrons. The molecule has 6 heteroatoms. The van der Waals surface area contributed by atoms with Crippen LogP contribution in [0, 0.1) is 0 Å². The zero-order valence-corrected chi connectivity index (χ0v) is 12.2. The van der Waals surface area contributed by atoms with Gasteiger partial charge in [0.05, 0.1) is 6.61 Å². The van der Waals surface area contributed by atoms with Gasteiger partial charge in [-0.2, -0.15) is 0 Å². The summed E-state index contributed by atoms with van der Waals surface area (Å²) in [4.78, 5) is 0. The van der Waals surface area contributed by atoms with Crippen molar-refractivity contribution in [3.05, 3.63) is 36.0 Å². The quantitative estimate of drug-likeness (QED) is 0.255. The van der Waals surface area contributed by atoms with Crippen LogP contribution in [-0.2, 0) is 16.0 Å². The van der Waals surface area contributed by atoms with Crippen LogP contribution in [0.3, 0.4) is 0 Å². The maximum atomic E-state index is 8.75. The number of benzene rings is 1. The lowest BCUT2D eigenvalue weighted by atomic mass is 10.1. The van der Waals surface area contributed by atoms with Crippen molar-refractivity contribution in [2.75, 3.05) is 26.9 Å². The van der Waals surface area contributed by atoms with E-state index in [0.717, 1.165) is 30.5 Å². The topological polar surface area (TPSA) is 82.0 Å². The van der Waals surface area contributed by atoms with E-state index in [1.165, 1.54) is 0 Å². The Morgan fingerprint density at radius 2 is 2.14 bits per heavy atom. The third kappa shape index (κ3) is 3.96. The van der Waals surface area contributed by atoms with Gasteiger partial charge in [0.1, 0.15) is 0 Å². The first-order valence-corrected chi connectivity index (χ1v) is 6.89. The van der Waals surface area contributed by atoms with Crippen LogP contribution in [-0.4, -0.2) is 42.5 Å². The monoisotopic (exact) mass is 291 g/mol. The molecule has 1 heterocycles. The van der Waals surface area contributed by atoms with Crippen molar-refractivity contribution >= 4 is 16.7 Å². The van der Waals surface area contributed by atoms with Crippen LogP contribution >= 0.6 is 0 Å². The summed E-state index contributed by atoms with van der Waals surface area (Å²) in [7, 11) is 1.69. The summed E-state index contributed by atoms with van der Waals surface area (Å²) in [5, 5.41) is 12.9. The van der Waals surface area contributed by atoms with Gasteiger partial charge in [-0.1, -0.05) is 17.3 Å². The molecular formula is C15H21N3O3. The highest BCUT2D eigenvalue weighted by Crippen LogP contribution is 2.17. The van der Waals surface area contributed by atoms with E-state index < -0.39 is 0 Å². The van der Waals surface area contributed by atoms with Crippen LogP contribution in [0.2, 0.25) is 0 Å². The minimum Gasteiger partial charge on any atom is -0.409 e. The standard InChI is InChI=1S/C15H21N3O3/c1-20-8-2-9-21-10-7-18-6-5-12-3-4-13(11-14(12)18)15(16)17-19/h3-6,11,19H,2,7-10H2,1H3,(H2,16,17). The van der Waals surface area contributed by atoms with Crippen molar-refractivity contribution < 1.29 is 14.7 Å². The Hall–Kier alpha value is -2.05.